The Kier molecular flexibility index (Phi) is 5.35. The average Bonchev–Trinajstić information content (AvgIpc) is 3.33. The van der Waals surface area contributed by atoms with Gasteiger partial charge < -0.3 is 19.4 Å². The van der Waals surface area contributed by atoms with Crippen LogP contribution in [0, 0.1) is 13.8 Å². The van der Waals surface area contributed by atoms with Crippen molar-refractivity contribution in [3.05, 3.63) is 73.6 Å². The van der Waals surface area contributed by atoms with E-state index in [0.717, 1.165) is 16.1 Å². The monoisotopic (exact) mass is 411 g/mol. The Morgan fingerprint density at radius 3 is 2.86 bits per heavy atom. The van der Waals surface area contributed by atoms with Crippen LogP contribution in [-0.4, -0.2) is 28.8 Å². The molecular formula is C21H21N3O4S. The molecule has 1 aliphatic rings. The molecular weight excluding hydrogens is 390 g/mol. The van der Waals surface area contributed by atoms with Gasteiger partial charge >= 0.3 is 0 Å². The third-order valence-electron chi connectivity index (χ3n) is 4.87. The fourth-order valence-electron chi connectivity index (χ4n) is 3.25. The Morgan fingerprint density at radius 2 is 2.07 bits per heavy atom. The van der Waals surface area contributed by atoms with E-state index in [1.165, 1.54) is 4.57 Å². The third kappa shape index (κ3) is 4.02. The number of benzene rings is 1. The van der Waals surface area contributed by atoms with Crippen LogP contribution < -0.4 is 20.3 Å². The summed E-state index contributed by atoms with van der Waals surface area (Å²) >= 11 is 1.57. The minimum absolute atomic E-state index is 0.175. The molecule has 7 nitrogen and oxygen atoms in total. The van der Waals surface area contributed by atoms with Crippen molar-refractivity contribution in [3.8, 4) is 11.5 Å². The quantitative estimate of drug-likeness (QED) is 0.674. The number of thiazole rings is 1. The van der Waals surface area contributed by atoms with Gasteiger partial charge in [0, 0.05) is 24.0 Å². The molecule has 0 aliphatic carbocycles. The zero-order valence-corrected chi connectivity index (χ0v) is 17.0. The number of fused-ring (bicyclic) bond motifs is 1. The minimum Gasteiger partial charge on any atom is -0.454 e. The van der Waals surface area contributed by atoms with Crippen molar-refractivity contribution in [2.45, 2.75) is 26.8 Å². The molecule has 0 unspecified atom stereocenters. The van der Waals surface area contributed by atoms with Crippen molar-refractivity contribution in [3.63, 3.8) is 0 Å². The Bertz CT molecular complexity index is 1120. The first-order valence-corrected chi connectivity index (χ1v) is 10.2. The van der Waals surface area contributed by atoms with Crippen LogP contribution in [0.3, 0.4) is 0 Å². The highest BCUT2D eigenvalue weighted by Gasteiger charge is 2.17. The number of rotatable bonds is 6. The lowest BCUT2D eigenvalue weighted by atomic mass is 10.1. The molecule has 1 aromatic carbocycles. The first kappa shape index (κ1) is 19.2. The zero-order chi connectivity index (χ0) is 20.4. The van der Waals surface area contributed by atoms with Gasteiger partial charge in [0.2, 0.25) is 6.79 Å². The fourth-order valence-corrected chi connectivity index (χ4v) is 4.03. The maximum Gasteiger partial charge on any atom is 0.263 e. The summed E-state index contributed by atoms with van der Waals surface area (Å²) in [5, 5.41) is 2.86. The number of carbonyl (C=O) groups excluding carboxylic acids is 1. The van der Waals surface area contributed by atoms with Crippen LogP contribution in [0.2, 0.25) is 0 Å². The number of amides is 1. The first-order valence-electron chi connectivity index (χ1n) is 9.28. The molecule has 0 bridgehead atoms. The lowest BCUT2D eigenvalue weighted by Crippen LogP contribution is -2.35. The Balaban J connectivity index is 1.49. The lowest BCUT2D eigenvalue weighted by molar-refractivity contribution is 0.0951. The van der Waals surface area contributed by atoms with Gasteiger partial charge in [0.15, 0.2) is 11.5 Å². The van der Waals surface area contributed by atoms with Crippen molar-refractivity contribution in [2.24, 2.45) is 0 Å². The smallest absolute Gasteiger partial charge is 0.263 e. The maximum atomic E-state index is 13.0. The molecule has 3 heterocycles. The van der Waals surface area contributed by atoms with Crippen LogP contribution in [0.25, 0.3) is 0 Å². The largest absolute Gasteiger partial charge is 0.454 e. The van der Waals surface area contributed by atoms with Crippen molar-refractivity contribution < 1.29 is 14.3 Å². The molecule has 1 aliphatic heterocycles. The number of hydrogen-bond acceptors (Lipinski definition) is 6. The molecule has 150 valence electrons. The standard InChI is InChI=1S/C21H21N3O4S/c1-13-6-8-24(10-15-3-4-16-17(9-15)28-12-27-16)21(26)19(13)20(25)22-7-5-18-14(2)23-11-29-18/h3-4,6,8-9,11H,5,7,10,12H2,1-2H3,(H,22,25). The SMILES string of the molecule is Cc1ccn(Cc2ccc3c(c2)OCO3)c(=O)c1C(=O)NCCc1scnc1C. The van der Waals surface area contributed by atoms with Crippen LogP contribution in [-0.2, 0) is 13.0 Å². The first-order chi connectivity index (χ1) is 14.0. The molecule has 0 saturated carbocycles. The molecule has 0 radical (unpaired) electrons. The molecule has 1 N–H and O–H groups in total. The van der Waals surface area contributed by atoms with Gasteiger partial charge in [0.05, 0.1) is 17.7 Å². The van der Waals surface area contributed by atoms with Crippen LogP contribution in [0.15, 0.2) is 40.8 Å². The molecule has 1 amide bonds. The molecule has 3 aromatic rings. The van der Waals surface area contributed by atoms with Gasteiger partial charge in [0.1, 0.15) is 5.56 Å². The predicted molar refractivity (Wildman–Crippen MR) is 110 cm³/mol. The van der Waals surface area contributed by atoms with E-state index in [-0.39, 0.29) is 23.8 Å². The molecule has 2 aromatic heterocycles. The summed E-state index contributed by atoms with van der Waals surface area (Å²) in [7, 11) is 0. The maximum absolute atomic E-state index is 13.0. The number of ether oxygens (including phenoxy) is 2. The Hall–Kier alpha value is -3.13. The van der Waals surface area contributed by atoms with E-state index in [9.17, 15) is 9.59 Å². The topological polar surface area (TPSA) is 82.5 Å². The van der Waals surface area contributed by atoms with E-state index in [1.54, 1.807) is 36.0 Å². The molecule has 29 heavy (non-hydrogen) atoms. The molecule has 4 rings (SSSR count). The van der Waals surface area contributed by atoms with E-state index in [2.05, 4.69) is 10.3 Å². The van der Waals surface area contributed by atoms with Crippen molar-refractivity contribution in [1.82, 2.24) is 14.9 Å². The van der Waals surface area contributed by atoms with Crippen LogP contribution in [0.4, 0.5) is 0 Å². The highest BCUT2D eigenvalue weighted by molar-refractivity contribution is 7.09. The van der Waals surface area contributed by atoms with Gasteiger partial charge in [-0.3, -0.25) is 9.59 Å². The number of aryl methyl sites for hydroxylation is 2. The number of nitrogens with zero attached hydrogens (tertiary/aromatic N) is 2. The summed E-state index contributed by atoms with van der Waals surface area (Å²) in [5.74, 6) is 1.01. The van der Waals surface area contributed by atoms with Gasteiger partial charge in [-0.15, -0.1) is 11.3 Å². The zero-order valence-electron chi connectivity index (χ0n) is 16.2. The molecule has 0 saturated heterocycles. The minimum atomic E-state index is -0.352. The van der Waals surface area contributed by atoms with Crippen LogP contribution >= 0.6 is 11.3 Å². The normalized spacial score (nSPS) is 12.2. The number of carbonyl (C=O) groups is 1. The number of nitrogens with one attached hydrogen (secondary N) is 1. The highest BCUT2D eigenvalue weighted by Crippen LogP contribution is 2.32. The second-order valence-corrected chi connectivity index (χ2v) is 7.80. The predicted octanol–water partition coefficient (Wildman–Crippen LogP) is 2.67. The fraction of sp³-hybridized carbons (Fsp3) is 0.286. The Morgan fingerprint density at radius 1 is 1.24 bits per heavy atom. The van der Waals surface area contributed by atoms with Gasteiger partial charge in [0.25, 0.3) is 11.5 Å². The van der Waals surface area contributed by atoms with Crippen molar-refractivity contribution in [2.75, 3.05) is 13.3 Å². The van der Waals surface area contributed by atoms with Gasteiger partial charge in [-0.2, -0.15) is 0 Å². The summed E-state index contributed by atoms with van der Waals surface area (Å²) in [6, 6.07) is 7.35. The van der Waals surface area contributed by atoms with E-state index >= 15 is 0 Å². The summed E-state index contributed by atoms with van der Waals surface area (Å²) in [4.78, 5) is 31.0. The molecule has 0 atom stereocenters. The van der Waals surface area contributed by atoms with Gasteiger partial charge in [-0.1, -0.05) is 6.07 Å². The van der Waals surface area contributed by atoms with E-state index in [1.807, 2.05) is 25.1 Å². The lowest BCUT2D eigenvalue weighted by Gasteiger charge is -2.12. The van der Waals surface area contributed by atoms with E-state index < -0.39 is 0 Å². The Labute approximate surface area is 171 Å². The molecule has 0 spiro atoms. The number of hydrogen-bond donors (Lipinski definition) is 1. The molecule has 8 heteroatoms. The van der Waals surface area contributed by atoms with Gasteiger partial charge in [-0.05, 0) is 43.2 Å². The average molecular weight is 411 g/mol. The molecule has 0 fully saturated rings. The summed E-state index contributed by atoms with van der Waals surface area (Å²) < 4.78 is 12.2. The van der Waals surface area contributed by atoms with Crippen molar-refractivity contribution >= 4 is 17.2 Å². The van der Waals surface area contributed by atoms with Crippen molar-refractivity contribution in [1.29, 1.82) is 0 Å². The van der Waals surface area contributed by atoms with E-state index in [0.29, 0.717) is 36.6 Å². The third-order valence-corrected chi connectivity index (χ3v) is 5.87. The second-order valence-electron chi connectivity index (χ2n) is 6.86. The van der Waals surface area contributed by atoms with Crippen LogP contribution in [0.1, 0.15) is 32.1 Å². The number of aromatic nitrogens is 2. The second kappa shape index (κ2) is 8.08. The summed E-state index contributed by atoms with van der Waals surface area (Å²) in [5.41, 5.74) is 4.19. The highest BCUT2D eigenvalue weighted by atomic mass is 32.1. The van der Waals surface area contributed by atoms with Gasteiger partial charge in [-0.25, -0.2) is 4.98 Å². The number of pyridine rings is 1. The summed E-state index contributed by atoms with van der Waals surface area (Å²) in [6.45, 7) is 4.72. The summed E-state index contributed by atoms with van der Waals surface area (Å²) in [6.07, 6.45) is 2.40. The van der Waals surface area contributed by atoms with Crippen LogP contribution in [0.5, 0.6) is 11.5 Å². The van der Waals surface area contributed by atoms with E-state index in [4.69, 9.17) is 9.47 Å².